The van der Waals surface area contributed by atoms with Gasteiger partial charge in [0.05, 0.1) is 5.69 Å². The zero-order valence-corrected chi connectivity index (χ0v) is 17.2. The van der Waals surface area contributed by atoms with E-state index in [0.29, 0.717) is 22.3 Å². The molecule has 0 unspecified atom stereocenters. The molecule has 0 aliphatic carbocycles. The van der Waals surface area contributed by atoms with Crippen LogP contribution >= 0.6 is 23.1 Å². The molecule has 3 aromatic rings. The Bertz CT molecular complexity index is 1010. The van der Waals surface area contributed by atoms with Crippen LogP contribution in [-0.4, -0.2) is 45.3 Å². The molecule has 146 valence electrons. The second-order valence-electron chi connectivity index (χ2n) is 5.53. The summed E-state index contributed by atoms with van der Waals surface area (Å²) >= 11 is 2.90. The Kier molecular flexibility index (Phi) is 6.26. The molecule has 0 atom stereocenters. The van der Waals surface area contributed by atoms with Crippen LogP contribution in [0.4, 0.5) is 28.2 Å². The van der Waals surface area contributed by atoms with Gasteiger partial charge in [0.1, 0.15) is 17.1 Å². The average molecular weight is 419 g/mol. The van der Waals surface area contributed by atoms with Crippen LogP contribution in [0.15, 0.2) is 41.5 Å². The fourth-order valence-electron chi connectivity index (χ4n) is 2.02. The quantitative estimate of drug-likeness (QED) is 0.419. The van der Waals surface area contributed by atoms with E-state index in [1.54, 1.807) is 29.7 Å². The molecular formula is C15H17N9O2S2. The van der Waals surface area contributed by atoms with E-state index in [0.717, 1.165) is 10.1 Å². The number of hydrogen-bond acceptors (Lipinski definition) is 13. The highest BCUT2D eigenvalue weighted by molar-refractivity contribution is 8.01. The molecule has 0 saturated carbocycles. The van der Waals surface area contributed by atoms with E-state index in [-0.39, 0.29) is 17.5 Å². The summed E-state index contributed by atoms with van der Waals surface area (Å²) in [5.74, 6) is 1.30. The van der Waals surface area contributed by atoms with Crippen LogP contribution in [0.5, 0.6) is 5.75 Å². The average Bonchev–Trinajstić information content (AvgIpc) is 3.28. The SMILES string of the molecule is CCSc1nnc(/N=N/c2cc(/N=N/c3nc(C)no3)c(N(C)C)cc2O)s1. The summed E-state index contributed by atoms with van der Waals surface area (Å²) < 4.78 is 5.74. The first-order valence-corrected chi connectivity index (χ1v) is 9.91. The van der Waals surface area contributed by atoms with Crippen LogP contribution < -0.4 is 4.90 Å². The van der Waals surface area contributed by atoms with Crippen LogP contribution in [0.1, 0.15) is 12.7 Å². The maximum Gasteiger partial charge on any atom is 0.366 e. The van der Waals surface area contributed by atoms with Gasteiger partial charge in [0.2, 0.25) is 0 Å². The van der Waals surface area contributed by atoms with Crippen molar-refractivity contribution in [1.29, 1.82) is 0 Å². The number of hydrogen-bond donors (Lipinski definition) is 1. The fourth-order valence-corrected chi connectivity index (χ4v) is 3.58. The maximum atomic E-state index is 10.3. The molecule has 1 N–H and O–H groups in total. The van der Waals surface area contributed by atoms with Gasteiger partial charge in [0.15, 0.2) is 10.2 Å². The van der Waals surface area contributed by atoms with Crippen molar-refractivity contribution < 1.29 is 9.63 Å². The minimum absolute atomic E-state index is 0.0354. The predicted octanol–water partition coefficient (Wildman–Crippen LogP) is 4.94. The number of aromatic hydroxyl groups is 1. The van der Waals surface area contributed by atoms with E-state index in [1.807, 2.05) is 21.0 Å². The molecule has 0 aliphatic rings. The van der Waals surface area contributed by atoms with E-state index in [4.69, 9.17) is 4.52 Å². The molecule has 0 saturated heterocycles. The van der Waals surface area contributed by atoms with Gasteiger partial charge in [-0.1, -0.05) is 40.3 Å². The van der Waals surface area contributed by atoms with Crippen molar-refractivity contribution in [1.82, 2.24) is 20.3 Å². The molecule has 0 aliphatic heterocycles. The first kappa shape index (κ1) is 19.8. The third kappa shape index (κ3) is 4.86. The number of azo groups is 2. The molecule has 1 aromatic carbocycles. The van der Waals surface area contributed by atoms with Gasteiger partial charge in [0.25, 0.3) is 5.13 Å². The topological polar surface area (TPSA) is 138 Å². The van der Waals surface area contributed by atoms with Gasteiger partial charge in [-0.25, -0.2) is 0 Å². The van der Waals surface area contributed by atoms with Gasteiger partial charge in [-0.05, 0) is 18.7 Å². The minimum atomic E-state index is -0.0484. The van der Waals surface area contributed by atoms with Gasteiger partial charge >= 0.3 is 6.01 Å². The summed E-state index contributed by atoms with van der Waals surface area (Å²) in [4.78, 5) is 5.76. The Labute approximate surface area is 168 Å². The number of phenolic OH excluding ortho intramolecular Hbond substituents is 1. The summed E-state index contributed by atoms with van der Waals surface area (Å²) in [6.45, 7) is 3.72. The standard InChI is InChI=1S/C15H17N9O2S2/c1-5-27-15-22-21-14(28-15)20-18-10-6-9(11(24(3)4)7-12(10)25)17-19-13-16-8(2)23-26-13/h6-7,25H,5H2,1-4H3/b19-17+,20-18+. The monoisotopic (exact) mass is 419 g/mol. The van der Waals surface area contributed by atoms with Crippen molar-refractivity contribution in [2.75, 3.05) is 24.7 Å². The zero-order chi connectivity index (χ0) is 20.1. The minimum Gasteiger partial charge on any atom is -0.506 e. The number of aromatic nitrogens is 4. The maximum absolute atomic E-state index is 10.3. The third-order valence-corrected chi connectivity index (χ3v) is 5.04. The Morgan fingerprint density at radius 2 is 1.93 bits per heavy atom. The summed E-state index contributed by atoms with van der Waals surface area (Å²) in [5.41, 5.74) is 1.31. The van der Waals surface area contributed by atoms with Crippen molar-refractivity contribution in [2.24, 2.45) is 20.5 Å². The molecule has 0 radical (unpaired) electrons. The molecule has 28 heavy (non-hydrogen) atoms. The van der Waals surface area contributed by atoms with Gasteiger partial charge in [-0.3, -0.25) is 0 Å². The highest BCUT2D eigenvalue weighted by Crippen LogP contribution is 2.40. The fraction of sp³-hybridized carbons (Fsp3) is 0.333. The largest absolute Gasteiger partial charge is 0.506 e. The molecule has 13 heteroatoms. The molecule has 3 rings (SSSR count). The molecule has 2 aromatic heterocycles. The number of nitrogens with zero attached hydrogens (tertiary/aromatic N) is 9. The van der Waals surface area contributed by atoms with Crippen molar-refractivity contribution >= 4 is 51.3 Å². The molecule has 0 spiro atoms. The van der Waals surface area contributed by atoms with Gasteiger partial charge in [-0.15, -0.1) is 25.5 Å². The molecule has 11 nitrogen and oxygen atoms in total. The predicted molar refractivity (Wildman–Crippen MR) is 106 cm³/mol. The van der Waals surface area contributed by atoms with Crippen LogP contribution in [0, 0.1) is 6.92 Å². The van der Waals surface area contributed by atoms with E-state index in [2.05, 4.69) is 40.8 Å². The van der Waals surface area contributed by atoms with Crippen molar-refractivity contribution in [3.63, 3.8) is 0 Å². The van der Waals surface area contributed by atoms with E-state index in [9.17, 15) is 5.11 Å². The summed E-state index contributed by atoms with van der Waals surface area (Å²) in [6.07, 6.45) is 0. The zero-order valence-electron chi connectivity index (χ0n) is 15.6. The highest BCUT2D eigenvalue weighted by Gasteiger charge is 2.12. The van der Waals surface area contributed by atoms with Crippen LogP contribution in [0.25, 0.3) is 0 Å². The lowest BCUT2D eigenvalue weighted by atomic mass is 10.2. The highest BCUT2D eigenvalue weighted by atomic mass is 32.2. The van der Waals surface area contributed by atoms with Crippen molar-refractivity contribution in [3.8, 4) is 5.75 Å². The van der Waals surface area contributed by atoms with Crippen LogP contribution in [-0.2, 0) is 0 Å². The number of rotatable bonds is 7. The number of anilines is 1. The molecule has 0 fully saturated rings. The lowest BCUT2D eigenvalue weighted by Gasteiger charge is -2.15. The van der Waals surface area contributed by atoms with Gasteiger partial charge < -0.3 is 14.5 Å². The number of phenols is 1. The lowest BCUT2D eigenvalue weighted by Crippen LogP contribution is -2.08. The lowest BCUT2D eigenvalue weighted by molar-refractivity contribution is 0.421. The Hall–Kier alpha value is -2.93. The Balaban J connectivity index is 1.90. The molecule has 0 amide bonds. The van der Waals surface area contributed by atoms with Crippen LogP contribution in [0.3, 0.4) is 0 Å². The summed E-state index contributed by atoms with van der Waals surface area (Å²) in [7, 11) is 3.64. The molecular weight excluding hydrogens is 402 g/mol. The first-order chi connectivity index (χ1) is 13.5. The molecule has 2 heterocycles. The van der Waals surface area contributed by atoms with E-state index in [1.165, 1.54) is 17.4 Å². The van der Waals surface area contributed by atoms with E-state index >= 15 is 0 Å². The van der Waals surface area contributed by atoms with E-state index < -0.39 is 0 Å². The Morgan fingerprint density at radius 1 is 1.14 bits per heavy atom. The smallest absolute Gasteiger partial charge is 0.366 e. The number of aryl methyl sites for hydroxylation is 1. The van der Waals surface area contributed by atoms with Gasteiger partial charge in [0, 0.05) is 20.2 Å². The summed E-state index contributed by atoms with van der Waals surface area (Å²) in [6, 6.07) is 3.12. The normalized spacial score (nSPS) is 11.7. The number of thioether (sulfide) groups is 1. The second-order valence-corrected chi connectivity index (χ2v) is 8.00. The van der Waals surface area contributed by atoms with Crippen molar-refractivity contribution in [2.45, 2.75) is 18.2 Å². The number of benzene rings is 1. The van der Waals surface area contributed by atoms with Crippen molar-refractivity contribution in [3.05, 3.63) is 18.0 Å². The van der Waals surface area contributed by atoms with Gasteiger partial charge in [-0.2, -0.15) is 4.98 Å². The Morgan fingerprint density at radius 3 is 2.61 bits per heavy atom. The molecule has 0 bridgehead atoms. The summed E-state index contributed by atoms with van der Waals surface area (Å²) in [5, 5.41) is 38.5. The first-order valence-electron chi connectivity index (χ1n) is 8.10. The van der Waals surface area contributed by atoms with Crippen LogP contribution in [0.2, 0.25) is 0 Å². The third-order valence-electron chi connectivity index (χ3n) is 3.22. The second kappa shape index (κ2) is 8.84.